The molecule has 0 radical (unpaired) electrons. The summed E-state index contributed by atoms with van der Waals surface area (Å²) in [4.78, 5) is 25.9. The maximum Gasteiger partial charge on any atom is 0.333 e. The van der Waals surface area contributed by atoms with Crippen LogP contribution in [0.2, 0.25) is 0 Å². The van der Waals surface area contributed by atoms with Gasteiger partial charge in [0, 0.05) is 5.56 Å². The second-order valence-electron chi connectivity index (χ2n) is 11.8. The number of rotatable bonds is 9. The van der Waals surface area contributed by atoms with Crippen LogP contribution < -0.4 is 14.8 Å². The van der Waals surface area contributed by atoms with E-state index in [0.29, 0.717) is 24.1 Å². The lowest BCUT2D eigenvalue weighted by Crippen LogP contribution is -2.38. The normalized spacial score (nSPS) is 13.8. The second kappa shape index (κ2) is 12.4. The molecule has 0 saturated heterocycles. The van der Waals surface area contributed by atoms with E-state index in [-0.39, 0.29) is 21.2 Å². The van der Waals surface area contributed by atoms with Crippen molar-refractivity contribution in [3.05, 3.63) is 119 Å². The number of carbonyl (C=O) groups excluding carboxylic acids is 2. The Morgan fingerprint density at radius 3 is 1.60 bits per heavy atom. The van der Waals surface area contributed by atoms with Gasteiger partial charge in [-0.25, -0.2) is 31.1 Å². The van der Waals surface area contributed by atoms with Crippen LogP contribution in [0.25, 0.3) is 22.5 Å². The molecule has 4 aromatic carbocycles. The van der Waals surface area contributed by atoms with Crippen LogP contribution in [-0.4, -0.2) is 33.9 Å². The summed E-state index contributed by atoms with van der Waals surface area (Å²) >= 11 is 0. The number of aryl methyl sites for hydroxylation is 3. The van der Waals surface area contributed by atoms with Crippen LogP contribution in [-0.2, 0) is 30.3 Å². The van der Waals surface area contributed by atoms with E-state index in [1.54, 1.807) is 43.3 Å². The molecular formula is C35H32N4O7S2. The molecule has 1 fully saturated rings. The number of nitrogens with zero attached hydrogens (tertiary/aromatic N) is 1. The Hall–Kier alpha value is -5.27. The van der Waals surface area contributed by atoms with Crippen LogP contribution in [0.4, 0.5) is 10.5 Å². The molecule has 13 heteroatoms. The van der Waals surface area contributed by atoms with Crippen molar-refractivity contribution in [2.24, 2.45) is 0 Å². The first-order chi connectivity index (χ1) is 22.8. The Balaban J connectivity index is 1.14. The van der Waals surface area contributed by atoms with Crippen molar-refractivity contribution in [1.82, 2.24) is 14.6 Å². The molecule has 0 unspecified atom stereocenters. The largest absolute Gasteiger partial charge is 0.354 e. The highest BCUT2D eigenvalue weighted by Crippen LogP contribution is 2.49. The molecule has 11 nitrogen and oxygen atoms in total. The van der Waals surface area contributed by atoms with E-state index in [1.165, 1.54) is 24.3 Å². The molecule has 1 saturated carbocycles. The molecule has 3 amide bonds. The summed E-state index contributed by atoms with van der Waals surface area (Å²) < 4.78 is 60.8. The lowest BCUT2D eigenvalue weighted by Gasteiger charge is -2.17. The number of hydrogen-bond donors (Lipinski definition) is 3. The number of urea groups is 1. The van der Waals surface area contributed by atoms with Gasteiger partial charge in [-0.2, -0.15) is 0 Å². The Kier molecular flexibility index (Phi) is 8.44. The van der Waals surface area contributed by atoms with Gasteiger partial charge < -0.3 is 9.84 Å². The number of hydrogen-bond acceptors (Lipinski definition) is 8. The lowest BCUT2D eigenvalue weighted by molar-refractivity contribution is -0.121. The molecule has 1 aromatic heterocycles. The summed E-state index contributed by atoms with van der Waals surface area (Å²) in [7, 11) is -8.10. The summed E-state index contributed by atoms with van der Waals surface area (Å²) in [5.41, 5.74) is 4.52. The number of nitrogens with one attached hydrogen (secondary N) is 3. The molecule has 3 N–H and O–H groups in total. The van der Waals surface area contributed by atoms with E-state index in [4.69, 9.17) is 4.52 Å². The summed E-state index contributed by atoms with van der Waals surface area (Å²) in [6.45, 7) is 5.30. The Morgan fingerprint density at radius 2 is 1.10 bits per heavy atom. The quantitative estimate of drug-likeness (QED) is 0.171. The number of carbonyl (C=O) groups is 2. The first-order valence-electron chi connectivity index (χ1n) is 15.0. The van der Waals surface area contributed by atoms with Crippen LogP contribution >= 0.6 is 0 Å². The van der Waals surface area contributed by atoms with E-state index in [9.17, 15) is 26.4 Å². The van der Waals surface area contributed by atoms with Gasteiger partial charge in [0.25, 0.3) is 20.0 Å². The number of sulfonamides is 2. The van der Waals surface area contributed by atoms with Crippen LogP contribution in [0.15, 0.2) is 111 Å². The average molecular weight is 685 g/mol. The number of benzene rings is 4. The zero-order chi connectivity index (χ0) is 34.3. The Labute approximate surface area is 278 Å². The zero-order valence-electron chi connectivity index (χ0n) is 26.3. The van der Waals surface area contributed by atoms with Crippen molar-refractivity contribution in [2.75, 3.05) is 5.32 Å². The molecular weight excluding hydrogens is 653 g/mol. The molecule has 1 aliphatic rings. The molecule has 1 heterocycles. The molecule has 0 bridgehead atoms. The average Bonchev–Trinajstić information content (AvgIpc) is 3.80. The van der Waals surface area contributed by atoms with Crippen molar-refractivity contribution in [3.8, 4) is 22.5 Å². The number of anilines is 1. The summed E-state index contributed by atoms with van der Waals surface area (Å²) in [5.74, 6) is -0.298. The fourth-order valence-electron chi connectivity index (χ4n) is 5.32. The zero-order valence-corrected chi connectivity index (χ0v) is 27.9. The summed E-state index contributed by atoms with van der Waals surface area (Å²) in [6, 6.07) is 26.1. The van der Waals surface area contributed by atoms with E-state index in [1.807, 2.05) is 55.0 Å². The van der Waals surface area contributed by atoms with Gasteiger partial charge >= 0.3 is 6.03 Å². The van der Waals surface area contributed by atoms with Crippen LogP contribution in [0.1, 0.15) is 35.2 Å². The summed E-state index contributed by atoms with van der Waals surface area (Å²) in [6.07, 6.45) is 1.08. The van der Waals surface area contributed by atoms with Gasteiger partial charge in [0.2, 0.25) is 5.91 Å². The molecule has 1 aliphatic carbocycles. The van der Waals surface area contributed by atoms with Crippen molar-refractivity contribution >= 4 is 37.7 Å². The molecule has 0 aliphatic heterocycles. The molecule has 48 heavy (non-hydrogen) atoms. The Bertz CT molecular complexity index is 2220. The lowest BCUT2D eigenvalue weighted by atomic mass is 9.93. The predicted octanol–water partition coefficient (Wildman–Crippen LogP) is 5.98. The maximum atomic E-state index is 13.2. The minimum atomic E-state index is -4.10. The smallest absolute Gasteiger partial charge is 0.333 e. The highest BCUT2D eigenvalue weighted by Gasteiger charge is 2.52. The predicted molar refractivity (Wildman–Crippen MR) is 180 cm³/mol. The molecule has 0 atom stereocenters. The second-order valence-corrected chi connectivity index (χ2v) is 15.2. The third-order valence-corrected chi connectivity index (χ3v) is 11.0. The third-order valence-electron chi connectivity index (χ3n) is 8.32. The van der Waals surface area contributed by atoms with Crippen molar-refractivity contribution in [1.29, 1.82) is 0 Å². The fraction of sp³-hybridized carbons (Fsp3) is 0.171. The third kappa shape index (κ3) is 6.60. The van der Waals surface area contributed by atoms with E-state index in [0.717, 1.165) is 27.8 Å². The van der Waals surface area contributed by atoms with Gasteiger partial charge in [-0.1, -0.05) is 89.1 Å². The van der Waals surface area contributed by atoms with E-state index >= 15 is 0 Å². The van der Waals surface area contributed by atoms with Gasteiger partial charge in [0.1, 0.15) is 11.4 Å². The van der Waals surface area contributed by atoms with E-state index in [2.05, 4.69) is 15.2 Å². The van der Waals surface area contributed by atoms with Crippen molar-refractivity contribution in [3.63, 3.8) is 0 Å². The standard InChI is InChI=1S/C35H32N4O7S2/c1-22-4-16-29(17-5-22)47(42,43)38-33(40)35(20-21-35)28-14-12-26(13-15-28)25-8-10-27(11-9-25)32-31(24(3)37-46-32)36-34(41)39-48(44,45)30-18-6-23(2)7-19-30/h4-19H,20-21H2,1-3H3,(H,38,40)(H2,36,39,41). The van der Waals surface area contributed by atoms with Gasteiger partial charge in [0.15, 0.2) is 5.76 Å². The number of aromatic nitrogens is 1. The van der Waals surface area contributed by atoms with Crippen LogP contribution in [0.3, 0.4) is 0 Å². The van der Waals surface area contributed by atoms with Gasteiger partial charge in [-0.3, -0.25) is 4.79 Å². The van der Waals surface area contributed by atoms with Gasteiger partial charge in [0.05, 0.1) is 15.2 Å². The molecule has 6 rings (SSSR count). The SMILES string of the molecule is Cc1ccc(S(=O)(=O)NC(=O)Nc2c(C)noc2-c2ccc(-c3ccc(C4(C(=O)NS(=O)(=O)c5ccc(C)cc5)CC4)cc3)cc2)cc1. The van der Waals surface area contributed by atoms with Gasteiger partial charge in [-0.05, 0) is 74.6 Å². The molecule has 246 valence electrons. The summed E-state index contributed by atoms with van der Waals surface area (Å²) in [5, 5.41) is 6.50. The highest BCUT2D eigenvalue weighted by atomic mass is 32.2. The van der Waals surface area contributed by atoms with Gasteiger partial charge in [-0.15, -0.1) is 0 Å². The van der Waals surface area contributed by atoms with Crippen LogP contribution in [0, 0.1) is 20.8 Å². The van der Waals surface area contributed by atoms with E-state index < -0.39 is 37.4 Å². The monoisotopic (exact) mass is 684 g/mol. The highest BCUT2D eigenvalue weighted by molar-refractivity contribution is 7.90. The first kappa shape index (κ1) is 32.7. The fourth-order valence-corrected chi connectivity index (χ4v) is 7.27. The Morgan fingerprint density at radius 1 is 0.646 bits per heavy atom. The van der Waals surface area contributed by atoms with Crippen LogP contribution in [0.5, 0.6) is 0 Å². The number of amides is 3. The minimum absolute atomic E-state index is 0.0359. The minimum Gasteiger partial charge on any atom is -0.354 e. The first-order valence-corrected chi connectivity index (χ1v) is 18.0. The maximum absolute atomic E-state index is 13.2. The van der Waals surface area contributed by atoms with Crippen molar-refractivity contribution < 1.29 is 30.9 Å². The van der Waals surface area contributed by atoms with Crippen molar-refractivity contribution in [2.45, 2.75) is 48.8 Å². The topological polar surface area (TPSA) is 165 Å². The molecule has 5 aromatic rings. The molecule has 0 spiro atoms.